The summed E-state index contributed by atoms with van der Waals surface area (Å²) in [6.45, 7) is 4.96. The number of ether oxygens (including phenoxy) is 1. The average molecular weight is 311 g/mol. The molecule has 2 nitrogen and oxygen atoms in total. The van der Waals surface area contributed by atoms with Gasteiger partial charge < -0.3 is 10.1 Å². The molecular weight excluding hydrogens is 290 g/mol. The van der Waals surface area contributed by atoms with Gasteiger partial charge in [-0.15, -0.1) is 11.3 Å². The molecule has 114 valence electrons. The summed E-state index contributed by atoms with van der Waals surface area (Å²) in [6, 6.07) is 9.05. The van der Waals surface area contributed by atoms with Gasteiger partial charge in [-0.3, -0.25) is 0 Å². The van der Waals surface area contributed by atoms with Crippen LogP contribution in [0.3, 0.4) is 0 Å². The van der Waals surface area contributed by atoms with Crippen LogP contribution in [0.25, 0.3) is 0 Å². The summed E-state index contributed by atoms with van der Waals surface area (Å²) in [5.74, 6) is 2.10. The predicted molar refractivity (Wildman–Crippen MR) is 93.0 cm³/mol. The molecule has 0 amide bonds. The van der Waals surface area contributed by atoms with Gasteiger partial charge in [0.05, 0.1) is 18.3 Å². The predicted octanol–water partition coefficient (Wildman–Crippen LogP) is 5.28. The highest BCUT2D eigenvalue weighted by Crippen LogP contribution is 2.53. The van der Waals surface area contributed by atoms with E-state index in [-0.39, 0.29) is 0 Å². The Kier molecular flexibility index (Phi) is 3.45. The lowest BCUT2D eigenvalue weighted by molar-refractivity contribution is 0.337. The van der Waals surface area contributed by atoms with Gasteiger partial charge in [-0.2, -0.15) is 0 Å². The second-order valence-electron chi connectivity index (χ2n) is 6.10. The van der Waals surface area contributed by atoms with E-state index in [9.17, 15) is 0 Å². The molecule has 3 heteroatoms. The number of hydrogen-bond donors (Lipinski definition) is 1. The molecule has 1 aliphatic heterocycles. The van der Waals surface area contributed by atoms with Crippen LogP contribution in [0.4, 0.5) is 5.69 Å². The van der Waals surface area contributed by atoms with Crippen LogP contribution in [0.5, 0.6) is 5.75 Å². The highest BCUT2D eigenvalue weighted by Gasteiger charge is 2.39. The van der Waals surface area contributed by atoms with Crippen molar-refractivity contribution in [1.29, 1.82) is 0 Å². The van der Waals surface area contributed by atoms with Crippen molar-refractivity contribution in [3.05, 3.63) is 57.8 Å². The molecule has 3 unspecified atom stereocenters. The molecule has 1 aromatic heterocycles. The molecule has 2 aliphatic rings. The number of thiophene rings is 1. The third-order valence-electron chi connectivity index (χ3n) is 4.84. The molecule has 1 aliphatic carbocycles. The van der Waals surface area contributed by atoms with Crippen LogP contribution in [0, 0.1) is 12.8 Å². The third-order valence-corrected chi connectivity index (χ3v) is 5.94. The normalized spacial score (nSPS) is 25.5. The average Bonchev–Trinajstić information content (AvgIpc) is 3.16. The van der Waals surface area contributed by atoms with Crippen molar-refractivity contribution >= 4 is 17.0 Å². The Morgan fingerprint density at radius 3 is 3.00 bits per heavy atom. The van der Waals surface area contributed by atoms with E-state index in [0.29, 0.717) is 24.5 Å². The Bertz CT molecular complexity index is 718. The van der Waals surface area contributed by atoms with Crippen LogP contribution in [0.1, 0.15) is 41.3 Å². The van der Waals surface area contributed by atoms with Gasteiger partial charge in [0.2, 0.25) is 0 Å². The number of rotatable bonds is 3. The van der Waals surface area contributed by atoms with Gasteiger partial charge in [-0.05, 0) is 54.8 Å². The van der Waals surface area contributed by atoms with Gasteiger partial charge in [0.15, 0.2) is 0 Å². The molecule has 0 saturated carbocycles. The number of allylic oxidation sites excluding steroid dienone is 2. The Labute approximate surface area is 135 Å². The number of aryl methyl sites for hydroxylation is 1. The van der Waals surface area contributed by atoms with Crippen molar-refractivity contribution in [1.82, 2.24) is 0 Å². The second kappa shape index (κ2) is 5.47. The molecule has 1 aromatic carbocycles. The van der Waals surface area contributed by atoms with Crippen LogP contribution in [0.15, 0.2) is 41.8 Å². The summed E-state index contributed by atoms with van der Waals surface area (Å²) in [4.78, 5) is 1.47. The number of para-hydroxylation sites is 1. The van der Waals surface area contributed by atoms with Gasteiger partial charge >= 0.3 is 0 Å². The Hall–Kier alpha value is -1.74. The summed E-state index contributed by atoms with van der Waals surface area (Å²) in [6.07, 6.45) is 5.88. The number of benzene rings is 1. The van der Waals surface area contributed by atoms with Crippen LogP contribution >= 0.6 is 11.3 Å². The van der Waals surface area contributed by atoms with Crippen LogP contribution in [-0.4, -0.2) is 6.61 Å². The first-order valence-electron chi connectivity index (χ1n) is 8.02. The first-order valence-corrected chi connectivity index (χ1v) is 8.90. The van der Waals surface area contributed by atoms with E-state index in [1.807, 2.05) is 18.3 Å². The summed E-state index contributed by atoms with van der Waals surface area (Å²) >= 11 is 1.87. The zero-order valence-corrected chi connectivity index (χ0v) is 13.8. The lowest BCUT2D eigenvalue weighted by Gasteiger charge is -2.37. The van der Waals surface area contributed by atoms with Crippen molar-refractivity contribution in [2.24, 2.45) is 5.92 Å². The molecule has 2 heterocycles. The summed E-state index contributed by atoms with van der Waals surface area (Å²) in [5.41, 5.74) is 3.97. The molecular formula is C19H21NOS. The van der Waals surface area contributed by atoms with E-state index in [1.54, 1.807) is 0 Å². The number of anilines is 1. The van der Waals surface area contributed by atoms with Gasteiger partial charge in [0.1, 0.15) is 5.75 Å². The fraction of sp³-hybridized carbons (Fsp3) is 0.368. The van der Waals surface area contributed by atoms with Crippen molar-refractivity contribution in [2.45, 2.75) is 32.2 Å². The van der Waals surface area contributed by atoms with E-state index in [0.717, 1.165) is 12.2 Å². The van der Waals surface area contributed by atoms with Gasteiger partial charge in [-0.25, -0.2) is 0 Å². The van der Waals surface area contributed by atoms with Crippen molar-refractivity contribution in [3.8, 4) is 5.75 Å². The molecule has 0 saturated heterocycles. The third kappa shape index (κ3) is 2.07. The van der Waals surface area contributed by atoms with Crippen LogP contribution in [0.2, 0.25) is 0 Å². The molecule has 22 heavy (non-hydrogen) atoms. The SMILES string of the molecule is CCOc1cccc2c1NC(c1sccc1C)C1CC=CC21. The van der Waals surface area contributed by atoms with E-state index >= 15 is 0 Å². The standard InChI is InChI=1S/C19H21NOS/c1-3-21-16-9-5-8-14-13-6-4-7-15(13)18(20-17(14)16)19-12(2)10-11-22-19/h4-6,8-11,13,15,18,20H,3,7H2,1-2H3. The smallest absolute Gasteiger partial charge is 0.142 e. The number of hydrogen-bond acceptors (Lipinski definition) is 3. The minimum atomic E-state index is 0.383. The maximum atomic E-state index is 5.87. The van der Waals surface area contributed by atoms with Crippen molar-refractivity contribution < 1.29 is 4.74 Å². The lowest BCUT2D eigenvalue weighted by atomic mass is 9.78. The van der Waals surface area contributed by atoms with E-state index in [2.05, 4.69) is 54.0 Å². The topological polar surface area (TPSA) is 21.3 Å². The maximum Gasteiger partial charge on any atom is 0.142 e. The molecule has 0 bridgehead atoms. The Morgan fingerprint density at radius 2 is 2.23 bits per heavy atom. The molecule has 0 spiro atoms. The van der Waals surface area contributed by atoms with E-state index in [1.165, 1.54) is 21.7 Å². The minimum Gasteiger partial charge on any atom is -0.492 e. The minimum absolute atomic E-state index is 0.383. The molecule has 2 aromatic rings. The molecule has 4 rings (SSSR count). The highest BCUT2D eigenvalue weighted by atomic mass is 32.1. The zero-order valence-electron chi connectivity index (χ0n) is 13.0. The van der Waals surface area contributed by atoms with Crippen LogP contribution in [-0.2, 0) is 0 Å². The van der Waals surface area contributed by atoms with E-state index < -0.39 is 0 Å². The Balaban J connectivity index is 1.82. The fourth-order valence-electron chi connectivity index (χ4n) is 3.83. The molecule has 0 fully saturated rings. The summed E-state index contributed by atoms with van der Waals surface area (Å²) in [5, 5.41) is 6.01. The van der Waals surface area contributed by atoms with Gasteiger partial charge in [-0.1, -0.05) is 24.3 Å². The maximum absolute atomic E-state index is 5.87. The summed E-state index contributed by atoms with van der Waals surface area (Å²) < 4.78 is 5.87. The van der Waals surface area contributed by atoms with Crippen molar-refractivity contribution in [3.63, 3.8) is 0 Å². The highest BCUT2D eigenvalue weighted by molar-refractivity contribution is 7.10. The molecule has 1 N–H and O–H groups in total. The first kappa shape index (κ1) is 13.9. The number of nitrogens with one attached hydrogen (secondary N) is 1. The molecule has 3 atom stereocenters. The lowest BCUT2D eigenvalue weighted by Crippen LogP contribution is -2.29. The molecule has 0 radical (unpaired) electrons. The van der Waals surface area contributed by atoms with E-state index in [4.69, 9.17) is 4.74 Å². The zero-order chi connectivity index (χ0) is 15.1. The van der Waals surface area contributed by atoms with Gasteiger partial charge in [0.25, 0.3) is 0 Å². The largest absolute Gasteiger partial charge is 0.492 e. The van der Waals surface area contributed by atoms with Crippen molar-refractivity contribution in [2.75, 3.05) is 11.9 Å². The Morgan fingerprint density at radius 1 is 1.32 bits per heavy atom. The fourth-order valence-corrected chi connectivity index (χ4v) is 4.88. The monoisotopic (exact) mass is 311 g/mol. The van der Waals surface area contributed by atoms with Gasteiger partial charge in [0, 0.05) is 10.8 Å². The number of fused-ring (bicyclic) bond motifs is 3. The van der Waals surface area contributed by atoms with Crippen LogP contribution < -0.4 is 10.1 Å². The summed E-state index contributed by atoms with van der Waals surface area (Å²) in [7, 11) is 0. The first-order chi connectivity index (χ1) is 10.8. The quantitative estimate of drug-likeness (QED) is 0.778. The second-order valence-corrected chi connectivity index (χ2v) is 7.04.